The molecule has 23 heavy (non-hydrogen) atoms. The lowest BCUT2D eigenvalue weighted by Gasteiger charge is -2.18. The second kappa shape index (κ2) is 6.08. The van der Waals surface area contributed by atoms with Crippen LogP contribution in [-0.4, -0.2) is 27.8 Å². The zero-order chi connectivity index (χ0) is 16.4. The van der Waals surface area contributed by atoms with Gasteiger partial charge in [-0.15, -0.1) is 0 Å². The van der Waals surface area contributed by atoms with Gasteiger partial charge in [0, 0.05) is 38.1 Å². The molecule has 1 aromatic heterocycles. The number of aryl methyl sites for hydroxylation is 1. The van der Waals surface area contributed by atoms with Crippen LogP contribution in [0.3, 0.4) is 0 Å². The number of nitrogens with zero attached hydrogens (tertiary/aromatic N) is 5. The van der Waals surface area contributed by atoms with E-state index >= 15 is 0 Å². The molecule has 0 bridgehead atoms. The average molecular weight is 311 g/mol. The topological polar surface area (TPSA) is 88.0 Å². The summed E-state index contributed by atoms with van der Waals surface area (Å²) in [5, 5.41) is 24.2. The highest BCUT2D eigenvalue weighted by atomic mass is 16.6. The minimum atomic E-state index is -0.516. The van der Waals surface area contributed by atoms with Gasteiger partial charge in [0.15, 0.2) is 0 Å². The molecule has 0 radical (unpaired) electrons. The summed E-state index contributed by atoms with van der Waals surface area (Å²) in [7, 11) is 1.91. The maximum atomic E-state index is 10.9. The molecule has 2 aromatic rings. The second-order valence-corrected chi connectivity index (χ2v) is 5.90. The summed E-state index contributed by atoms with van der Waals surface area (Å²) in [6.45, 7) is 1.78. The number of anilines is 1. The fourth-order valence-electron chi connectivity index (χ4n) is 3.11. The van der Waals surface area contributed by atoms with Gasteiger partial charge in [0.2, 0.25) is 0 Å². The lowest BCUT2D eigenvalue weighted by Crippen LogP contribution is -2.20. The molecule has 1 fully saturated rings. The Kier molecular flexibility index (Phi) is 3.98. The molecule has 1 aliphatic rings. The first-order valence-corrected chi connectivity index (χ1v) is 7.48. The molecule has 3 rings (SSSR count). The third-order valence-electron chi connectivity index (χ3n) is 4.23. The van der Waals surface area contributed by atoms with Crippen LogP contribution in [0.2, 0.25) is 0 Å². The lowest BCUT2D eigenvalue weighted by molar-refractivity contribution is -0.385. The molecule has 0 spiro atoms. The third-order valence-corrected chi connectivity index (χ3v) is 4.23. The summed E-state index contributed by atoms with van der Waals surface area (Å²) < 4.78 is 1.80. The van der Waals surface area contributed by atoms with Crippen molar-refractivity contribution < 1.29 is 4.92 Å². The van der Waals surface area contributed by atoms with Gasteiger partial charge < -0.3 is 4.90 Å². The van der Waals surface area contributed by atoms with Gasteiger partial charge in [-0.05, 0) is 36.5 Å². The Morgan fingerprint density at radius 2 is 2.35 bits per heavy atom. The van der Waals surface area contributed by atoms with Gasteiger partial charge in [0.05, 0.1) is 11.1 Å². The van der Waals surface area contributed by atoms with Crippen molar-refractivity contribution in [3.8, 4) is 6.07 Å². The van der Waals surface area contributed by atoms with Crippen molar-refractivity contribution in [2.24, 2.45) is 13.0 Å². The maximum Gasteiger partial charge on any atom is 0.287 e. The van der Waals surface area contributed by atoms with E-state index in [1.807, 2.05) is 25.5 Å². The Morgan fingerprint density at radius 1 is 1.52 bits per heavy atom. The van der Waals surface area contributed by atoms with Crippen molar-refractivity contribution in [1.82, 2.24) is 9.78 Å². The van der Waals surface area contributed by atoms with E-state index in [1.165, 1.54) is 11.6 Å². The summed E-state index contributed by atoms with van der Waals surface area (Å²) >= 11 is 0. The number of hydrogen-bond acceptors (Lipinski definition) is 5. The normalized spacial score (nSPS) is 17.2. The molecule has 118 valence electrons. The summed E-state index contributed by atoms with van der Waals surface area (Å²) in [5.74, 6) is 0.528. The summed E-state index contributed by atoms with van der Waals surface area (Å²) in [6.07, 6.45) is 5.96. The van der Waals surface area contributed by atoms with E-state index in [1.54, 1.807) is 16.8 Å². The molecule has 1 saturated heterocycles. The summed E-state index contributed by atoms with van der Waals surface area (Å²) in [4.78, 5) is 12.6. The minimum Gasteiger partial charge on any atom is -0.371 e. The van der Waals surface area contributed by atoms with E-state index < -0.39 is 4.92 Å². The van der Waals surface area contributed by atoms with Crippen molar-refractivity contribution in [2.45, 2.75) is 12.8 Å². The monoisotopic (exact) mass is 311 g/mol. The van der Waals surface area contributed by atoms with Crippen molar-refractivity contribution in [1.29, 1.82) is 5.26 Å². The Morgan fingerprint density at radius 3 is 3.00 bits per heavy atom. The highest BCUT2D eigenvalue weighted by Crippen LogP contribution is 2.29. The SMILES string of the molecule is Cn1cc(CC2CCN(c3ccc([N+](=O)[O-])c(C#N)c3)C2)cn1. The van der Waals surface area contributed by atoms with Crippen LogP contribution in [0.25, 0.3) is 0 Å². The number of benzene rings is 1. The van der Waals surface area contributed by atoms with E-state index in [-0.39, 0.29) is 11.3 Å². The first-order chi connectivity index (χ1) is 11.1. The van der Waals surface area contributed by atoms with Crippen LogP contribution < -0.4 is 4.90 Å². The van der Waals surface area contributed by atoms with Crippen LogP contribution in [0, 0.1) is 27.4 Å². The smallest absolute Gasteiger partial charge is 0.287 e. The molecule has 7 nitrogen and oxygen atoms in total. The molecule has 0 amide bonds. The predicted molar refractivity (Wildman–Crippen MR) is 85.0 cm³/mol. The first-order valence-electron chi connectivity index (χ1n) is 7.48. The van der Waals surface area contributed by atoms with E-state index in [2.05, 4.69) is 10.00 Å². The van der Waals surface area contributed by atoms with E-state index in [0.717, 1.165) is 31.6 Å². The Balaban J connectivity index is 1.71. The van der Waals surface area contributed by atoms with Crippen molar-refractivity contribution in [2.75, 3.05) is 18.0 Å². The predicted octanol–water partition coefficient (Wildman–Crippen LogP) is 2.27. The van der Waals surface area contributed by atoms with Gasteiger partial charge in [0.25, 0.3) is 5.69 Å². The number of nitro groups is 1. The number of rotatable bonds is 4. The average Bonchev–Trinajstić information content (AvgIpc) is 3.16. The molecule has 1 aliphatic heterocycles. The Hall–Kier alpha value is -2.88. The fourth-order valence-corrected chi connectivity index (χ4v) is 3.11. The van der Waals surface area contributed by atoms with Crippen LogP contribution in [0.1, 0.15) is 17.5 Å². The highest BCUT2D eigenvalue weighted by molar-refractivity contribution is 5.60. The van der Waals surface area contributed by atoms with Gasteiger partial charge >= 0.3 is 0 Å². The molecule has 0 saturated carbocycles. The largest absolute Gasteiger partial charge is 0.371 e. The number of nitro benzene ring substituents is 1. The molecule has 0 aliphatic carbocycles. The number of nitriles is 1. The van der Waals surface area contributed by atoms with Gasteiger partial charge in [0.1, 0.15) is 11.6 Å². The molecular formula is C16H17N5O2. The third kappa shape index (κ3) is 3.16. The molecule has 0 N–H and O–H groups in total. The summed E-state index contributed by atoms with van der Waals surface area (Å²) in [5.41, 5.74) is 2.08. The number of hydrogen-bond donors (Lipinski definition) is 0. The molecular weight excluding hydrogens is 294 g/mol. The van der Waals surface area contributed by atoms with Gasteiger partial charge in [-0.2, -0.15) is 10.4 Å². The van der Waals surface area contributed by atoms with Crippen LogP contribution in [-0.2, 0) is 13.5 Å². The van der Waals surface area contributed by atoms with E-state index in [4.69, 9.17) is 5.26 Å². The van der Waals surface area contributed by atoms with Crippen LogP contribution in [0.4, 0.5) is 11.4 Å². The molecule has 1 aromatic carbocycles. The van der Waals surface area contributed by atoms with Gasteiger partial charge in [-0.3, -0.25) is 14.8 Å². The molecule has 7 heteroatoms. The zero-order valence-corrected chi connectivity index (χ0v) is 12.8. The maximum absolute atomic E-state index is 10.9. The molecule has 1 atom stereocenters. The molecule has 2 heterocycles. The molecule has 1 unspecified atom stereocenters. The fraction of sp³-hybridized carbons (Fsp3) is 0.375. The van der Waals surface area contributed by atoms with Crippen molar-refractivity contribution >= 4 is 11.4 Å². The number of aromatic nitrogens is 2. The van der Waals surface area contributed by atoms with E-state index in [0.29, 0.717) is 5.92 Å². The first kappa shape index (κ1) is 15.0. The highest BCUT2D eigenvalue weighted by Gasteiger charge is 2.25. The second-order valence-electron chi connectivity index (χ2n) is 5.90. The van der Waals surface area contributed by atoms with Crippen LogP contribution in [0.15, 0.2) is 30.6 Å². The van der Waals surface area contributed by atoms with Crippen molar-refractivity contribution in [3.63, 3.8) is 0 Å². The van der Waals surface area contributed by atoms with E-state index in [9.17, 15) is 10.1 Å². The minimum absolute atomic E-state index is 0.114. The zero-order valence-electron chi connectivity index (χ0n) is 12.8. The van der Waals surface area contributed by atoms with Gasteiger partial charge in [-0.1, -0.05) is 0 Å². The summed E-state index contributed by atoms with van der Waals surface area (Å²) in [6, 6.07) is 6.68. The van der Waals surface area contributed by atoms with Crippen LogP contribution in [0.5, 0.6) is 0 Å². The Bertz CT molecular complexity index is 777. The Labute approximate surface area is 133 Å². The standard InChI is InChI=1S/C16H17N5O2/c1-19-10-13(9-18-19)6-12-4-5-20(11-12)15-2-3-16(21(22)23)14(7-15)8-17/h2-3,7,9-10,12H,4-6,11H2,1H3. The van der Waals surface area contributed by atoms with Gasteiger partial charge in [-0.25, -0.2) is 0 Å². The van der Waals surface area contributed by atoms with Crippen molar-refractivity contribution in [3.05, 3.63) is 51.8 Å². The van der Waals surface area contributed by atoms with Crippen LogP contribution >= 0.6 is 0 Å². The quantitative estimate of drug-likeness (QED) is 0.638. The lowest BCUT2D eigenvalue weighted by atomic mass is 10.0.